The van der Waals surface area contributed by atoms with Crippen molar-refractivity contribution in [1.29, 1.82) is 0 Å². The lowest BCUT2D eigenvalue weighted by Gasteiger charge is -2.06. The third-order valence-corrected chi connectivity index (χ3v) is 4.89. The molecule has 0 fully saturated rings. The second kappa shape index (κ2) is 8.31. The first-order chi connectivity index (χ1) is 14.1. The number of aromatic nitrogens is 4. The molecular formula is C19H15F2N5O2S. The van der Waals surface area contributed by atoms with Gasteiger partial charge in [0, 0.05) is 11.3 Å². The minimum atomic E-state index is -0.339. The largest absolute Gasteiger partial charge is 0.486 e. The van der Waals surface area contributed by atoms with Crippen molar-refractivity contribution in [1.82, 2.24) is 19.9 Å². The fourth-order valence-corrected chi connectivity index (χ4v) is 3.17. The van der Waals surface area contributed by atoms with Gasteiger partial charge in [0.25, 0.3) is 0 Å². The average Bonchev–Trinajstić information content (AvgIpc) is 3.33. The van der Waals surface area contributed by atoms with E-state index in [4.69, 9.17) is 15.0 Å². The van der Waals surface area contributed by atoms with E-state index in [2.05, 4.69) is 15.2 Å². The summed E-state index contributed by atoms with van der Waals surface area (Å²) in [7, 11) is 0. The second-order valence-corrected chi connectivity index (χ2v) is 6.89. The first-order valence-electron chi connectivity index (χ1n) is 8.49. The Balaban J connectivity index is 1.35. The number of thioether (sulfide) groups is 1. The summed E-state index contributed by atoms with van der Waals surface area (Å²) in [5, 5.41) is 8.53. The summed E-state index contributed by atoms with van der Waals surface area (Å²) in [5.41, 5.74) is 1.37. The molecule has 10 heteroatoms. The number of halogens is 2. The Hall–Kier alpha value is -3.40. The highest BCUT2D eigenvalue weighted by atomic mass is 32.2. The molecule has 0 atom stereocenters. The molecule has 0 unspecified atom stereocenters. The molecule has 2 heterocycles. The summed E-state index contributed by atoms with van der Waals surface area (Å²) >= 11 is 1.33. The topological polar surface area (TPSA) is 92.0 Å². The number of ether oxygens (including phenoxy) is 1. The predicted molar refractivity (Wildman–Crippen MR) is 102 cm³/mol. The average molecular weight is 415 g/mol. The molecule has 0 spiro atoms. The summed E-state index contributed by atoms with van der Waals surface area (Å²) in [5.74, 6) is 7.14. The summed E-state index contributed by atoms with van der Waals surface area (Å²) < 4.78 is 38.2. The van der Waals surface area contributed by atoms with Crippen molar-refractivity contribution in [3.05, 3.63) is 77.9 Å². The van der Waals surface area contributed by atoms with E-state index >= 15 is 0 Å². The zero-order chi connectivity index (χ0) is 20.2. The highest BCUT2D eigenvalue weighted by molar-refractivity contribution is 7.98. The van der Waals surface area contributed by atoms with Gasteiger partial charge < -0.3 is 15.0 Å². The smallest absolute Gasteiger partial charge is 0.226 e. The van der Waals surface area contributed by atoms with Crippen LogP contribution in [0.2, 0.25) is 0 Å². The molecule has 148 valence electrons. The molecule has 4 rings (SSSR count). The lowest BCUT2D eigenvalue weighted by atomic mass is 10.2. The standard InChI is InChI=1S/C19H15F2N5O2S/c20-13-3-1-12(2-4-13)18-23-15(9-28-18)11-29-19-25-24-17(26(19)22)10-27-16-7-5-14(21)6-8-16/h1-9H,10-11,22H2. The number of nitrogen functional groups attached to an aromatic ring is 1. The molecular weight excluding hydrogens is 400 g/mol. The minimum Gasteiger partial charge on any atom is -0.486 e. The van der Waals surface area contributed by atoms with Gasteiger partial charge in [-0.05, 0) is 48.5 Å². The maximum atomic E-state index is 13.0. The zero-order valence-corrected chi connectivity index (χ0v) is 15.8. The number of hydrogen-bond acceptors (Lipinski definition) is 7. The van der Waals surface area contributed by atoms with Crippen LogP contribution in [0.5, 0.6) is 5.75 Å². The van der Waals surface area contributed by atoms with Crippen molar-refractivity contribution in [3.63, 3.8) is 0 Å². The Bertz CT molecular complexity index is 1100. The van der Waals surface area contributed by atoms with Gasteiger partial charge in [0.05, 0.1) is 5.69 Å². The summed E-state index contributed by atoms with van der Waals surface area (Å²) in [6.07, 6.45) is 1.53. The van der Waals surface area contributed by atoms with Crippen molar-refractivity contribution in [3.8, 4) is 17.2 Å². The SMILES string of the molecule is Nn1c(COc2ccc(F)cc2)nnc1SCc1coc(-c2ccc(F)cc2)n1. The van der Waals surface area contributed by atoms with Gasteiger partial charge in [-0.25, -0.2) is 18.4 Å². The highest BCUT2D eigenvalue weighted by Crippen LogP contribution is 2.24. The highest BCUT2D eigenvalue weighted by Gasteiger charge is 2.13. The van der Waals surface area contributed by atoms with E-state index in [0.717, 1.165) is 0 Å². The Morgan fingerprint density at radius 3 is 2.41 bits per heavy atom. The van der Waals surface area contributed by atoms with Crippen LogP contribution in [0.3, 0.4) is 0 Å². The molecule has 0 aliphatic heterocycles. The maximum absolute atomic E-state index is 13.0. The van der Waals surface area contributed by atoms with Gasteiger partial charge in [-0.2, -0.15) is 0 Å². The fourth-order valence-electron chi connectivity index (χ4n) is 2.42. The van der Waals surface area contributed by atoms with E-state index in [9.17, 15) is 8.78 Å². The van der Waals surface area contributed by atoms with Crippen LogP contribution in [0.1, 0.15) is 11.5 Å². The van der Waals surface area contributed by atoms with E-state index in [1.807, 2.05) is 0 Å². The van der Waals surface area contributed by atoms with Crippen LogP contribution in [0, 0.1) is 11.6 Å². The third-order valence-electron chi connectivity index (χ3n) is 3.91. The van der Waals surface area contributed by atoms with Crippen LogP contribution in [0.25, 0.3) is 11.5 Å². The first kappa shape index (κ1) is 18.9. The Kier molecular flexibility index (Phi) is 5.43. The van der Waals surface area contributed by atoms with E-state index in [1.54, 1.807) is 12.1 Å². The van der Waals surface area contributed by atoms with Gasteiger partial charge in [-0.1, -0.05) is 11.8 Å². The van der Waals surface area contributed by atoms with Gasteiger partial charge in [0.1, 0.15) is 30.3 Å². The molecule has 29 heavy (non-hydrogen) atoms. The molecule has 0 radical (unpaired) electrons. The van der Waals surface area contributed by atoms with E-state index in [0.29, 0.717) is 39.6 Å². The van der Waals surface area contributed by atoms with Crippen molar-refractivity contribution < 1.29 is 17.9 Å². The lowest BCUT2D eigenvalue weighted by molar-refractivity contribution is 0.291. The van der Waals surface area contributed by atoms with Crippen LogP contribution >= 0.6 is 11.8 Å². The van der Waals surface area contributed by atoms with Crippen LogP contribution in [-0.4, -0.2) is 19.9 Å². The Morgan fingerprint density at radius 2 is 1.69 bits per heavy atom. The molecule has 0 amide bonds. The lowest BCUT2D eigenvalue weighted by Crippen LogP contribution is -2.15. The van der Waals surface area contributed by atoms with Gasteiger partial charge in [-0.3, -0.25) is 0 Å². The van der Waals surface area contributed by atoms with Gasteiger partial charge in [0.15, 0.2) is 5.82 Å². The number of nitrogens with zero attached hydrogens (tertiary/aromatic N) is 4. The molecule has 0 aliphatic rings. The molecule has 4 aromatic rings. The van der Waals surface area contributed by atoms with Crippen LogP contribution in [0.4, 0.5) is 8.78 Å². The molecule has 0 saturated carbocycles. The van der Waals surface area contributed by atoms with Crippen LogP contribution < -0.4 is 10.6 Å². The molecule has 0 aliphatic carbocycles. The summed E-state index contributed by atoms with van der Waals surface area (Å²) in [6.45, 7) is 0.0916. The fraction of sp³-hybridized carbons (Fsp3) is 0.105. The van der Waals surface area contributed by atoms with Gasteiger partial charge >= 0.3 is 0 Å². The van der Waals surface area contributed by atoms with E-state index < -0.39 is 0 Å². The van der Waals surface area contributed by atoms with Gasteiger partial charge in [0.2, 0.25) is 11.0 Å². The monoisotopic (exact) mass is 415 g/mol. The number of hydrogen-bond donors (Lipinski definition) is 1. The van der Waals surface area contributed by atoms with Crippen LogP contribution in [0.15, 0.2) is 64.4 Å². The first-order valence-corrected chi connectivity index (χ1v) is 9.48. The van der Waals surface area contributed by atoms with Crippen molar-refractivity contribution in [2.75, 3.05) is 5.84 Å². The van der Waals surface area contributed by atoms with Crippen molar-refractivity contribution in [2.24, 2.45) is 0 Å². The van der Waals surface area contributed by atoms with Crippen molar-refractivity contribution in [2.45, 2.75) is 17.5 Å². The molecule has 2 N–H and O–H groups in total. The van der Waals surface area contributed by atoms with Crippen LogP contribution in [-0.2, 0) is 12.4 Å². The molecule has 7 nitrogen and oxygen atoms in total. The number of rotatable bonds is 7. The predicted octanol–water partition coefficient (Wildman–Crippen LogP) is 3.80. The second-order valence-electron chi connectivity index (χ2n) is 5.95. The summed E-state index contributed by atoms with van der Waals surface area (Å²) in [6, 6.07) is 11.5. The van der Waals surface area contributed by atoms with Gasteiger partial charge in [-0.15, -0.1) is 10.2 Å². The molecule has 0 bridgehead atoms. The third kappa shape index (κ3) is 4.54. The molecule has 0 saturated heterocycles. The molecule has 2 aromatic carbocycles. The Morgan fingerprint density at radius 1 is 1.00 bits per heavy atom. The number of oxazole rings is 1. The Labute approximate surface area is 168 Å². The van der Waals surface area contributed by atoms with Crippen molar-refractivity contribution >= 4 is 11.8 Å². The zero-order valence-electron chi connectivity index (χ0n) is 15.0. The number of benzene rings is 2. The van der Waals surface area contributed by atoms with E-state index in [1.165, 1.54) is 59.1 Å². The number of nitrogens with two attached hydrogens (primary N) is 1. The quantitative estimate of drug-likeness (QED) is 0.363. The summed E-state index contributed by atoms with van der Waals surface area (Å²) in [4.78, 5) is 4.38. The minimum absolute atomic E-state index is 0.0916. The normalized spacial score (nSPS) is 11.0. The molecule has 2 aromatic heterocycles. The van der Waals surface area contributed by atoms with E-state index in [-0.39, 0.29) is 18.2 Å². The maximum Gasteiger partial charge on any atom is 0.226 e.